The Labute approximate surface area is 157 Å². The molecule has 134 valence electrons. The van der Waals surface area contributed by atoms with E-state index in [-0.39, 0.29) is 0 Å². The van der Waals surface area contributed by atoms with Gasteiger partial charge in [-0.15, -0.1) is 0 Å². The Morgan fingerprint density at radius 2 is 1.37 bits per heavy atom. The lowest BCUT2D eigenvalue weighted by atomic mass is 10.1. The van der Waals surface area contributed by atoms with Crippen molar-refractivity contribution < 1.29 is 4.42 Å². The molecular weight excluding hydrogens is 336 g/mol. The van der Waals surface area contributed by atoms with Gasteiger partial charge < -0.3 is 9.32 Å². The summed E-state index contributed by atoms with van der Waals surface area (Å²) in [5, 5.41) is 0. The van der Waals surface area contributed by atoms with Crippen LogP contribution in [0.5, 0.6) is 0 Å². The molecule has 4 aromatic rings. The molecule has 3 heterocycles. The predicted molar refractivity (Wildman–Crippen MR) is 107 cm³/mol. The molecule has 0 saturated carbocycles. The largest absolute Gasteiger partial charge is 0.430 e. The van der Waals surface area contributed by atoms with Crippen LogP contribution in [0.25, 0.3) is 34.1 Å². The summed E-state index contributed by atoms with van der Waals surface area (Å²) in [5.74, 6) is 2.13. The molecule has 5 rings (SSSR count). The molecule has 1 aliphatic rings. The van der Waals surface area contributed by atoms with E-state index in [1.54, 1.807) is 0 Å². The van der Waals surface area contributed by atoms with Crippen molar-refractivity contribution in [3.8, 4) is 22.8 Å². The van der Waals surface area contributed by atoms with E-state index in [1.807, 2.05) is 60.7 Å². The molecule has 1 saturated heterocycles. The first-order chi connectivity index (χ1) is 13.4. The number of nitrogens with zero attached hydrogens (tertiary/aromatic N) is 4. The van der Waals surface area contributed by atoms with Gasteiger partial charge in [0.05, 0.1) is 0 Å². The second-order valence-electron chi connectivity index (χ2n) is 6.82. The number of aromatic nitrogens is 3. The van der Waals surface area contributed by atoms with E-state index >= 15 is 0 Å². The number of hydrogen-bond donors (Lipinski definition) is 0. The zero-order valence-electron chi connectivity index (χ0n) is 15.0. The van der Waals surface area contributed by atoms with Gasteiger partial charge in [0.2, 0.25) is 17.1 Å². The molecule has 2 aromatic carbocycles. The molecule has 1 aliphatic heterocycles. The van der Waals surface area contributed by atoms with Crippen LogP contribution in [-0.4, -0.2) is 28.0 Å². The van der Waals surface area contributed by atoms with Gasteiger partial charge in [-0.2, -0.15) is 4.98 Å². The van der Waals surface area contributed by atoms with Gasteiger partial charge in [0.1, 0.15) is 0 Å². The van der Waals surface area contributed by atoms with E-state index in [2.05, 4.69) is 9.88 Å². The SMILES string of the molecule is c1ccc(-c2nc(N3CCCCC3)c3oc(-c4ccccc4)nc3n2)cc1. The van der Waals surface area contributed by atoms with Crippen molar-refractivity contribution in [1.82, 2.24) is 15.0 Å². The Kier molecular flexibility index (Phi) is 4.05. The van der Waals surface area contributed by atoms with Gasteiger partial charge in [-0.3, -0.25) is 0 Å². The molecule has 0 aliphatic carbocycles. The van der Waals surface area contributed by atoms with Crippen LogP contribution in [0.4, 0.5) is 5.82 Å². The summed E-state index contributed by atoms with van der Waals surface area (Å²) in [4.78, 5) is 16.6. The van der Waals surface area contributed by atoms with E-state index in [0.29, 0.717) is 22.9 Å². The highest BCUT2D eigenvalue weighted by molar-refractivity contribution is 5.85. The molecule has 0 unspecified atom stereocenters. The average Bonchev–Trinajstić information content (AvgIpc) is 3.19. The first kappa shape index (κ1) is 16.0. The van der Waals surface area contributed by atoms with Crippen molar-refractivity contribution >= 4 is 17.0 Å². The second kappa shape index (κ2) is 6.83. The Hall–Kier alpha value is -3.21. The van der Waals surface area contributed by atoms with Gasteiger partial charge in [-0.05, 0) is 31.4 Å². The lowest BCUT2D eigenvalue weighted by molar-refractivity contribution is 0.565. The topological polar surface area (TPSA) is 55.1 Å². The fourth-order valence-electron chi connectivity index (χ4n) is 3.55. The van der Waals surface area contributed by atoms with Gasteiger partial charge in [0.15, 0.2) is 11.6 Å². The van der Waals surface area contributed by atoms with Crippen LogP contribution in [0.2, 0.25) is 0 Å². The number of benzene rings is 2. The van der Waals surface area contributed by atoms with E-state index in [0.717, 1.165) is 30.0 Å². The van der Waals surface area contributed by atoms with E-state index in [1.165, 1.54) is 19.3 Å². The Morgan fingerprint density at radius 3 is 2.07 bits per heavy atom. The maximum atomic E-state index is 6.15. The van der Waals surface area contributed by atoms with E-state index in [4.69, 9.17) is 14.4 Å². The summed E-state index contributed by atoms with van der Waals surface area (Å²) in [6.07, 6.45) is 3.61. The van der Waals surface area contributed by atoms with E-state index in [9.17, 15) is 0 Å². The third-order valence-corrected chi connectivity index (χ3v) is 4.94. The molecule has 5 heteroatoms. The molecular formula is C22H20N4O. The van der Waals surface area contributed by atoms with Crippen molar-refractivity contribution in [2.45, 2.75) is 19.3 Å². The fraction of sp³-hybridized carbons (Fsp3) is 0.227. The van der Waals surface area contributed by atoms with Crippen LogP contribution in [0.1, 0.15) is 19.3 Å². The van der Waals surface area contributed by atoms with Crippen molar-refractivity contribution in [2.24, 2.45) is 0 Å². The first-order valence-electron chi connectivity index (χ1n) is 9.43. The first-order valence-corrected chi connectivity index (χ1v) is 9.43. The van der Waals surface area contributed by atoms with E-state index < -0.39 is 0 Å². The minimum absolute atomic E-state index is 0.586. The summed E-state index contributed by atoms with van der Waals surface area (Å²) in [6.45, 7) is 1.98. The zero-order chi connectivity index (χ0) is 18.1. The minimum Gasteiger partial charge on any atom is -0.430 e. The summed E-state index contributed by atoms with van der Waals surface area (Å²) < 4.78 is 6.15. The third kappa shape index (κ3) is 3.05. The Balaban J connectivity index is 1.69. The molecule has 0 radical (unpaired) electrons. The quantitative estimate of drug-likeness (QED) is 0.520. The van der Waals surface area contributed by atoms with Crippen LogP contribution in [0, 0.1) is 0 Å². The van der Waals surface area contributed by atoms with Crippen LogP contribution in [0.3, 0.4) is 0 Å². The van der Waals surface area contributed by atoms with Crippen LogP contribution in [-0.2, 0) is 0 Å². The smallest absolute Gasteiger partial charge is 0.229 e. The van der Waals surface area contributed by atoms with Gasteiger partial charge >= 0.3 is 0 Å². The van der Waals surface area contributed by atoms with Crippen LogP contribution < -0.4 is 4.90 Å². The lowest BCUT2D eigenvalue weighted by Gasteiger charge is -2.27. The summed E-state index contributed by atoms with van der Waals surface area (Å²) >= 11 is 0. The molecule has 1 fully saturated rings. The van der Waals surface area contributed by atoms with Crippen LogP contribution >= 0.6 is 0 Å². The van der Waals surface area contributed by atoms with Gasteiger partial charge in [0.25, 0.3) is 0 Å². The monoisotopic (exact) mass is 356 g/mol. The molecule has 0 atom stereocenters. The zero-order valence-corrected chi connectivity index (χ0v) is 15.0. The molecule has 0 bridgehead atoms. The molecule has 5 nitrogen and oxygen atoms in total. The highest BCUT2D eigenvalue weighted by Gasteiger charge is 2.22. The second-order valence-corrected chi connectivity index (χ2v) is 6.82. The van der Waals surface area contributed by atoms with Crippen molar-refractivity contribution in [3.63, 3.8) is 0 Å². The highest BCUT2D eigenvalue weighted by Crippen LogP contribution is 2.32. The number of piperidine rings is 1. The number of rotatable bonds is 3. The van der Waals surface area contributed by atoms with Gasteiger partial charge in [-0.1, -0.05) is 48.5 Å². The minimum atomic E-state index is 0.586. The van der Waals surface area contributed by atoms with Crippen LogP contribution in [0.15, 0.2) is 65.1 Å². The third-order valence-electron chi connectivity index (χ3n) is 4.94. The predicted octanol–water partition coefficient (Wildman–Crippen LogP) is 4.94. The van der Waals surface area contributed by atoms with Gasteiger partial charge in [0, 0.05) is 24.2 Å². The molecule has 0 spiro atoms. The maximum Gasteiger partial charge on any atom is 0.229 e. The van der Waals surface area contributed by atoms with Crippen molar-refractivity contribution in [3.05, 3.63) is 60.7 Å². The number of fused-ring (bicyclic) bond motifs is 1. The molecule has 0 amide bonds. The van der Waals surface area contributed by atoms with Gasteiger partial charge in [-0.25, -0.2) is 9.97 Å². The van der Waals surface area contributed by atoms with Crippen molar-refractivity contribution in [2.75, 3.05) is 18.0 Å². The standard InChI is InChI=1S/C22H20N4O/c1-4-10-16(11-5-1)19-23-20-18(21(24-19)26-14-8-3-9-15-26)27-22(25-20)17-12-6-2-7-13-17/h1-2,4-7,10-13H,3,8-9,14-15H2. The molecule has 2 aromatic heterocycles. The number of anilines is 1. The molecule has 27 heavy (non-hydrogen) atoms. The fourth-order valence-corrected chi connectivity index (χ4v) is 3.55. The van der Waals surface area contributed by atoms with Crippen molar-refractivity contribution in [1.29, 1.82) is 0 Å². The summed E-state index contributed by atoms with van der Waals surface area (Å²) in [7, 11) is 0. The molecule has 0 N–H and O–H groups in total. The highest BCUT2D eigenvalue weighted by atomic mass is 16.4. The summed E-state index contributed by atoms with van der Waals surface area (Å²) in [5.41, 5.74) is 3.22. The Morgan fingerprint density at radius 1 is 0.704 bits per heavy atom. The lowest BCUT2D eigenvalue weighted by Crippen LogP contribution is -2.30. The normalized spacial score (nSPS) is 14.6. The average molecular weight is 356 g/mol. The number of oxazole rings is 1. The number of hydrogen-bond acceptors (Lipinski definition) is 5. The maximum absolute atomic E-state index is 6.15. The Bertz CT molecular complexity index is 1050. The summed E-state index contributed by atoms with van der Waals surface area (Å²) in [6, 6.07) is 20.0.